The molecule has 144 valence electrons. The van der Waals surface area contributed by atoms with E-state index in [1.807, 2.05) is 30.3 Å². The molecule has 2 aromatic rings. The molecule has 0 aliphatic carbocycles. The second-order valence-electron chi connectivity index (χ2n) is 5.91. The molecule has 0 saturated carbocycles. The Kier molecular flexibility index (Phi) is 8.32. The van der Waals surface area contributed by atoms with Crippen molar-refractivity contribution in [1.82, 2.24) is 4.90 Å². The predicted octanol–water partition coefficient (Wildman–Crippen LogP) is 4.38. The van der Waals surface area contributed by atoms with Crippen LogP contribution in [0.5, 0.6) is 5.75 Å². The second kappa shape index (κ2) is 11.0. The molecule has 0 saturated heterocycles. The van der Waals surface area contributed by atoms with Gasteiger partial charge >= 0.3 is 6.09 Å². The van der Waals surface area contributed by atoms with Crippen molar-refractivity contribution in [3.8, 4) is 5.75 Å². The Morgan fingerprint density at radius 2 is 1.70 bits per heavy atom. The minimum absolute atomic E-state index is 0.611. The summed E-state index contributed by atoms with van der Waals surface area (Å²) < 4.78 is 5.10. The van der Waals surface area contributed by atoms with E-state index < -0.39 is 6.09 Å². The van der Waals surface area contributed by atoms with Gasteiger partial charge in [-0.25, -0.2) is 4.79 Å². The molecule has 1 N–H and O–H groups in total. The Hall–Kier alpha value is -2.86. The minimum atomic E-state index is -0.628. The monoisotopic (exact) mass is 369 g/mol. The number of anilines is 1. The summed E-state index contributed by atoms with van der Waals surface area (Å²) in [6, 6.07) is 16.8. The summed E-state index contributed by atoms with van der Waals surface area (Å²) >= 11 is 0. The normalized spacial score (nSPS) is 11.3. The maximum Gasteiger partial charge on any atom is 0.437 e. The van der Waals surface area contributed by atoms with Crippen LogP contribution in [0.1, 0.15) is 25.8 Å². The molecule has 0 spiro atoms. The van der Waals surface area contributed by atoms with Gasteiger partial charge in [0.05, 0.1) is 12.8 Å². The lowest BCUT2D eigenvalue weighted by Crippen LogP contribution is -2.26. The van der Waals surface area contributed by atoms with Crippen LogP contribution in [-0.4, -0.2) is 43.4 Å². The lowest BCUT2D eigenvalue weighted by Gasteiger charge is -2.18. The van der Waals surface area contributed by atoms with Crippen molar-refractivity contribution in [2.75, 3.05) is 32.1 Å². The molecule has 0 fully saturated rings. The highest BCUT2D eigenvalue weighted by atomic mass is 16.7. The fourth-order valence-corrected chi connectivity index (χ4v) is 2.59. The molecule has 0 bridgehead atoms. The third-order valence-electron chi connectivity index (χ3n) is 4.24. The maximum atomic E-state index is 12.1. The van der Waals surface area contributed by atoms with Crippen molar-refractivity contribution in [2.45, 2.75) is 20.3 Å². The lowest BCUT2D eigenvalue weighted by molar-refractivity contribution is 0.166. The van der Waals surface area contributed by atoms with Gasteiger partial charge in [0.2, 0.25) is 0 Å². The Balaban J connectivity index is 2.02. The van der Waals surface area contributed by atoms with Crippen LogP contribution in [0.4, 0.5) is 10.5 Å². The van der Waals surface area contributed by atoms with Gasteiger partial charge in [0.25, 0.3) is 0 Å². The highest BCUT2D eigenvalue weighted by Crippen LogP contribution is 2.15. The molecule has 2 rings (SSSR count). The van der Waals surface area contributed by atoms with Gasteiger partial charge in [0.15, 0.2) is 0 Å². The van der Waals surface area contributed by atoms with Crippen molar-refractivity contribution in [3.05, 3.63) is 60.2 Å². The third-order valence-corrected chi connectivity index (χ3v) is 4.24. The molecule has 27 heavy (non-hydrogen) atoms. The summed E-state index contributed by atoms with van der Waals surface area (Å²) in [6.07, 6.45) is 0.0676. The van der Waals surface area contributed by atoms with Crippen molar-refractivity contribution < 1.29 is 14.4 Å². The zero-order chi connectivity index (χ0) is 19.5. The Labute approximate surface area is 160 Å². The molecule has 1 amide bonds. The average molecular weight is 369 g/mol. The molecule has 0 unspecified atom stereocenters. The summed E-state index contributed by atoms with van der Waals surface area (Å²) in [5.41, 5.74) is 2.30. The van der Waals surface area contributed by atoms with E-state index in [0.29, 0.717) is 12.1 Å². The van der Waals surface area contributed by atoms with E-state index in [2.05, 4.69) is 29.2 Å². The first-order chi connectivity index (χ1) is 13.2. The molecular formula is C21H27N3O3. The molecule has 0 radical (unpaired) electrons. The van der Waals surface area contributed by atoms with Crippen LogP contribution in [-0.2, 0) is 4.84 Å². The predicted molar refractivity (Wildman–Crippen MR) is 108 cm³/mol. The fraction of sp³-hybridized carbons (Fsp3) is 0.333. The number of benzene rings is 2. The second-order valence-corrected chi connectivity index (χ2v) is 5.91. The standard InChI is InChI=1S/C21H27N3O3/c1-4-24(5-2)16-15-20(17-9-7-6-8-10-17)23-27-21(25)22-18-11-13-19(26-3)14-12-18/h6-14H,4-5,15-16H2,1-3H3,(H,22,25)/b23-20+. The van der Waals surface area contributed by atoms with Gasteiger partial charge in [-0.05, 0) is 42.9 Å². The van der Waals surface area contributed by atoms with Crippen molar-refractivity contribution >= 4 is 17.5 Å². The topological polar surface area (TPSA) is 63.2 Å². The SMILES string of the molecule is CCN(CC)CC/C(=N\OC(=O)Nc1ccc(OC)cc1)c1ccccc1. The highest BCUT2D eigenvalue weighted by Gasteiger charge is 2.09. The summed E-state index contributed by atoms with van der Waals surface area (Å²) in [4.78, 5) is 19.5. The number of amides is 1. The fourth-order valence-electron chi connectivity index (χ4n) is 2.59. The number of hydrogen-bond acceptors (Lipinski definition) is 5. The van der Waals surface area contributed by atoms with Gasteiger partial charge in [-0.1, -0.05) is 49.3 Å². The minimum Gasteiger partial charge on any atom is -0.497 e. The van der Waals surface area contributed by atoms with Crippen LogP contribution in [0.25, 0.3) is 0 Å². The van der Waals surface area contributed by atoms with E-state index in [4.69, 9.17) is 9.57 Å². The van der Waals surface area contributed by atoms with E-state index in [1.54, 1.807) is 31.4 Å². The number of ether oxygens (including phenoxy) is 1. The average Bonchev–Trinajstić information content (AvgIpc) is 2.72. The van der Waals surface area contributed by atoms with E-state index in [1.165, 1.54) is 0 Å². The van der Waals surface area contributed by atoms with Crippen LogP contribution in [0.2, 0.25) is 0 Å². The molecule has 0 atom stereocenters. The Morgan fingerprint density at radius 3 is 2.30 bits per heavy atom. The Morgan fingerprint density at radius 1 is 1.04 bits per heavy atom. The molecule has 0 aliphatic heterocycles. The van der Waals surface area contributed by atoms with E-state index in [-0.39, 0.29) is 0 Å². The molecular weight excluding hydrogens is 342 g/mol. The highest BCUT2D eigenvalue weighted by molar-refractivity contribution is 6.00. The number of hydrogen-bond donors (Lipinski definition) is 1. The summed E-state index contributed by atoms with van der Waals surface area (Å²) in [6.45, 7) is 7.04. The van der Waals surface area contributed by atoms with Gasteiger partial charge in [0, 0.05) is 18.7 Å². The number of carbonyl (C=O) groups is 1. The van der Waals surface area contributed by atoms with Crippen molar-refractivity contribution in [1.29, 1.82) is 0 Å². The molecule has 6 heteroatoms. The molecule has 0 aliphatic rings. The smallest absolute Gasteiger partial charge is 0.437 e. The lowest BCUT2D eigenvalue weighted by atomic mass is 10.1. The zero-order valence-electron chi connectivity index (χ0n) is 16.1. The van der Waals surface area contributed by atoms with Crippen LogP contribution in [0.15, 0.2) is 59.8 Å². The quantitative estimate of drug-likeness (QED) is 0.405. The number of oxime groups is 1. The van der Waals surface area contributed by atoms with Crippen molar-refractivity contribution in [3.63, 3.8) is 0 Å². The summed E-state index contributed by atoms with van der Waals surface area (Å²) in [5, 5.41) is 6.77. The van der Waals surface area contributed by atoms with Crippen LogP contribution >= 0.6 is 0 Å². The molecule has 0 aromatic heterocycles. The zero-order valence-corrected chi connectivity index (χ0v) is 16.1. The van der Waals surface area contributed by atoms with Crippen molar-refractivity contribution in [2.24, 2.45) is 5.16 Å². The van der Waals surface area contributed by atoms with Gasteiger partial charge in [-0.2, -0.15) is 0 Å². The number of methoxy groups -OCH3 is 1. The van der Waals surface area contributed by atoms with Gasteiger partial charge in [-0.15, -0.1) is 0 Å². The number of nitrogens with one attached hydrogen (secondary N) is 1. The van der Waals surface area contributed by atoms with Crippen LogP contribution < -0.4 is 10.1 Å². The number of carbonyl (C=O) groups excluding carboxylic acids is 1. The third kappa shape index (κ3) is 6.75. The van der Waals surface area contributed by atoms with Gasteiger partial charge in [0.1, 0.15) is 5.75 Å². The first kappa shape index (κ1) is 20.5. The Bertz CT molecular complexity index is 726. The number of nitrogens with zero attached hydrogens (tertiary/aromatic N) is 2. The van der Waals surface area contributed by atoms with Crippen LogP contribution in [0.3, 0.4) is 0 Å². The molecule has 2 aromatic carbocycles. The van der Waals surface area contributed by atoms with Gasteiger partial charge in [-0.3, -0.25) is 10.2 Å². The molecule has 6 nitrogen and oxygen atoms in total. The van der Waals surface area contributed by atoms with E-state index >= 15 is 0 Å². The van der Waals surface area contributed by atoms with Crippen LogP contribution in [0, 0.1) is 0 Å². The first-order valence-electron chi connectivity index (χ1n) is 9.13. The molecule has 0 heterocycles. The summed E-state index contributed by atoms with van der Waals surface area (Å²) in [5.74, 6) is 0.717. The number of rotatable bonds is 9. The largest absolute Gasteiger partial charge is 0.497 e. The van der Waals surface area contributed by atoms with E-state index in [9.17, 15) is 4.79 Å². The van der Waals surface area contributed by atoms with E-state index in [0.717, 1.165) is 36.7 Å². The first-order valence-corrected chi connectivity index (χ1v) is 9.13. The maximum absolute atomic E-state index is 12.1. The summed E-state index contributed by atoms with van der Waals surface area (Å²) in [7, 11) is 1.59. The van der Waals surface area contributed by atoms with Gasteiger partial charge < -0.3 is 9.64 Å².